The van der Waals surface area contributed by atoms with E-state index in [2.05, 4.69) is 21.2 Å². The number of nitrogens with zero attached hydrogens (tertiary/aromatic N) is 1. The molecular formula is C18H17BrN2O2. The van der Waals surface area contributed by atoms with Crippen molar-refractivity contribution in [2.45, 2.75) is 19.9 Å². The first kappa shape index (κ1) is 15.7. The minimum Gasteiger partial charge on any atom is -0.334 e. The lowest BCUT2D eigenvalue weighted by Gasteiger charge is -2.13. The zero-order valence-corrected chi connectivity index (χ0v) is 14.4. The molecule has 5 heteroatoms. The van der Waals surface area contributed by atoms with Crippen LogP contribution < -0.4 is 5.32 Å². The van der Waals surface area contributed by atoms with Crippen molar-refractivity contribution in [2.75, 3.05) is 11.9 Å². The molecule has 3 rings (SSSR count). The van der Waals surface area contributed by atoms with Crippen molar-refractivity contribution >= 4 is 33.4 Å². The highest BCUT2D eigenvalue weighted by molar-refractivity contribution is 9.10. The first-order valence-electron chi connectivity index (χ1n) is 7.58. The minimum atomic E-state index is -0.254. The molecule has 118 valence electrons. The van der Waals surface area contributed by atoms with Crippen LogP contribution in [0.25, 0.3) is 0 Å². The molecule has 0 atom stereocenters. The van der Waals surface area contributed by atoms with E-state index in [0.29, 0.717) is 29.9 Å². The second kappa shape index (κ2) is 6.54. The summed E-state index contributed by atoms with van der Waals surface area (Å²) < 4.78 is 0.946. The van der Waals surface area contributed by atoms with Gasteiger partial charge in [0.05, 0.1) is 11.1 Å². The highest BCUT2D eigenvalue weighted by atomic mass is 79.9. The molecule has 0 saturated carbocycles. The van der Waals surface area contributed by atoms with Crippen molar-refractivity contribution in [3.63, 3.8) is 0 Å². The summed E-state index contributed by atoms with van der Waals surface area (Å²) in [6, 6.07) is 12.8. The molecular weight excluding hydrogens is 356 g/mol. The van der Waals surface area contributed by atoms with Gasteiger partial charge >= 0.3 is 0 Å². The van der Waals surface area contributed by atoms with E-state index in [4.69, 9.17) is 0 Å². The maximum atomic E-state index is 12.6. The van der Waals surface area contributed by atoms with Gasteiger partial charge < -0.3 is 10.2 Å². The summed E-state index contributed by atoms with van der Waals surface area (Å²) in [6.07, 6.45) is 0.903. The van der Waals surface area contributed by atoms with Gasteiger partial charge in [0.25, 0.3) is 11.8 Å². The number of carbonyl (C=O) groups is 2. The molecule has 0 aliphatic carbocycles. The second-order valence-electron chi connectivity index (χ2n) is 5.53. The van der Waals surface area contributed by atoms with Gasteiger partial charge in [0, 0.05) is 23.2 Å². The maximum Gasteiger partial charge on any atom is 0.256 e. The van der Waals surface area contributed by atoms with Crippen molar-refractivity contribution in [1.82, 2.24) is 4.90 Å². The predicted octanol–water partition coefficient (Wildman–Crippen LogP) is 4.07. The molecule has 0 unspecified atom stereocenters. The lowest BCUT2D eigenvalue weighted by Crippen LogP contribution is -2.26. The first-order valence-corrected chi connectivity index (χ1v) is 8.37. The number of anilines is 1. The third kappa shape index (κ3) is 3.15. The molecule has 0 spiro atoms. The van der Waals surface area contributed by atoms with Crippen molar-refractivity contribution in [3.05, 3.63) is 63.6 Å². The standard InChI is InChI=1S/C18H17BrN2O2/c1-2-10-21-11-12-4-3-5-15(16(12)18(21)23)17(22)20-14-8-6-13(19)7-9-14/h3-9H,2,10-11H2,1H3,(H,20,22). The van der Waals surface area contributed by atoms with Gasteiger partial charge in [-0.1, -0.05) is 35.0 Å². The van der Waals surface area contributed by atoms with E-state index in [1.807, 2.05) is 43.3 Å². The monoisotopic (exact) mass is 372 g/mol. The van der Waals surface area contributed by atoms with Crippen LogP contribution in [0.1, 0.15) is 39.6 Å². The Hall–Kier alpha value is -2.14. The van der Waals surface area contributed by atoms with Crippen molar-refractivity contribution in [2.24, 2.45) is 0 Å². The van der Waals surface area contributed by atoms with Crippen molar-refractivity contribution < 1.29 is 9.59 Å². The fourth-order valence-electron chi connectivity index (χ4n) is 2.79. The average Bonchev–Trinajstić information content (AvgIpc) is 2.86. The zero-order chi connectivity index (χ0) is 16.4. The number of hydrogen-bond donors (Lipinski definition) is 1. The van der Waals surface area contributed by atoms with Crippen LogP contribution in [0.2, 0.25) is 0 Å². The van der Waals surface area contributed by atoms with E-state index >= 15 is 0 Å². The summed E-state index contributed by atoms with van der Waals surface area (Å²) in [6.45, 7) is 3.33. The SMILES string of the molecule is CCCN1Cc2cccc(C(=O)Nc3ccc(Br)cc3)c2C1=O. The van der Waals surface area contributed by atoms with Gasteiger partial charge in [-0.3, -0.25) is 9.59 Å². The second-order valence-corrected chi connectivity index (χ2v) is 6.44. The predicted molar refractivity (Wildman–Crippen MR) is 93.6 cm³/mol. The number of benzene rings is 2. The fourth-order valence-corrected chi connectivity index (χ4v) is 3.06. The molecule has 0 radical (unpaired) electrons. The highest BCUT2D eigenvalue weighted by Gasteiger charge is 2.31. The van der Waals surface area contributed by atoms with Gasteiger partial charge in [-0.2, -0.15) is 0 Å². The Morgan fingerprint density at radius 2 is 1.96 bits per heavy atom. The smallest absolute Gasteiger partial charge is 0.256 e. The Bertz CT molecular complexity index is 756. The number of fused-ring (bicyclic) bond motifs is 1. The third-order valence-corrected chi connectivity index (χ3v) is 4.38. The summed E-state index contributed by atoms with van der Waals surface area (Å²) in [5.74, 6) is -0.306. The largest absolute Gasteiger partial charge is 0.334 e. The molecule has 0 fully saturated rings. The third-order valence-electron chi connectivity index (χ3n) is 3.85. The molecule has 0 aromatic heterocycles. The van der Waals surface area contributed by atoms with E-state index in [0.717, 1.165) is 16.5 Å². The van der Waals surface area contributed by atoms with Crippen LogP contribution >= 0.6 is 15.9 Å². The van der Waals surface area contributed by atoms with Gasteiger partial charge in [0.15, 0.2) is 0 Å². The van der Waals surface area contributed by atoms with Crippen LogP contribution in [-0.4, -0.2) is 23.3 Å². The fraction of sp³-hybridized carbons (Fsp3) is 0.222. The summed E-state index contributed by atoms with van der Waals surface area (Å²) in [4.78, 5) is 26.9. The molecule has 4 nitrogen and oxygen atoms in total. The maximum absolute atomic E-state index is 12.6. The Labute approximate surface area is 143 Å². The molecule has 1 aliphatic heterocycles. The Balaban J connectivity index is 1.87. The minimum absolute atomic E-state index is 0.0524. The van der Waals surface area contributed by atoms with Crippen molar-refractivity contribution in [1.29, 1.82) is 0 Å². The molecule has 2 aromatic carbocycles. The van der Waals surface area contributed by atoms with Gasteiger partial charge in [-0.25, -0.2) is 0 Å². The van der Waals surface area contributed by atoms with E-state index in [-0.39, 0.29) is 11.8 Å². The zero-order valence-electron chi connectivity index (χ0n) is 12.8. The van der Waals surface area contributed by atoms with Crippen LogP contribution in [0.3, 0.4) is 0 Å². The quantitative estimate of drug-likeness (QED) is 0.879. The van der Waals surface area contributed by atoms with Crippen molar-refractivity contribution in [3.8, 4) is 0 Å². The first-order chi connectivity index (χ1) is 11.1. The van der Waals surface area contributed by atoms with E-state index < -0.39 is 0 Å². The number of halogens is 1. The molecule has 23 heavy (non-hydrogen) atoms. The van der Waals surface area contributed by atoms with Gasteiger partial charge in [-0.05, 0) is 42.3 Å². The van der Waals surface area contributed by atoms with Crippen LogP contribution in [0.15, 0.2) is 46.9 Å². The summed E-state index contributed by atoms with van der Waals surface area (Å²) >= 11 is 3.36. The molecule has 2 aromatic rings. The lowest BCUT2D eigenvalue weighted by atomic mass is 10.0. The van der Waals surface area contributed by atoms with Gasteiger partial charge in [-0.15, -0.1) is 0 Å². The number of hydrogen-bond acceptors (Lipinski definition) is 2. The summed E-state index contributed by atoms with van der Waals surface area (Å²) in [5.41, 5.74) is 2.60. The molecule has 0 saturated heterocycles. The Morgan fingerprint density at radius 3 is 2.65 bits per heavy atom. The van der Waals surface area contributed by atoms with Crippen LogP contribution in [-0.2, 0) is 6.54 Å². The average molecular weight is 373 g/mol. The van der Waals surface area contributed by atoms with Crippen LogP contribution in [0.4, 0.5) is 5.69 Å². The highest BCUT2D eigenvalue weighted by Crippen LogP contribution is 2.27. The molecule has 1 heterocycles. The molecule has 2 amide bonds. The van der Waals surface area contributed by atoms with Gasteiger partial charge in [0.1, 0.15) is 0 Å². The van der Waals surface area contributed by atoms with E-state index in [1.54, 1.807) is 11.0 Å². The Morgan fingerprint density at radius 1 is 1.22 bits per heavy atom. The van der Waals surface area contributed by atoms with Crippen LogP contribution in [0, 0.1) is 0 Å². The molecule has 1 N–H and O–H groups in total. The molecule has 0 bridgehead atoms. The van der Waals surface area contributed by atoms with E-state index in [9.17, 15) is 9.59 Å². The Kier molecular flexibility index (Phi) is 4.48. The number of nitrogens with one attached hydrogen (secondary N) is 1. The number of amides is 2. The van der Waals surface area contributed by atoms with E-state index in [1.165, 1.54) is 0 Å². The summed E-state index contributed by atoms with van der Waals surface area (Å²) in [5, 5.41) is 2.85. The topological polar surface area (TPSA) is 49.4 Å². The summed E-state index contributed by atoms with van der Waals surface area (Å²) in [7, 11) is 0. The molecule has 1 aliphatic rings. The number of carbonyl (C=O) groups excluding carboxylic acids is 2. The lowest BCUT2D eigenvalue weighted by molar-refractivity contribution is 0.0774. The number of rotatable bonds is 4. The van der Waals surface area contributed by atoms with Crippen LogP contribution in [0.5, 0.6) is 0 Å². The normalized spacial score (nSPS) is 13.1. The van der Waals surface area contributed by atoms with Gasteiger partial charge in [0.2, 0.25) is 0 Å².